The highest BCUT2D eigenvalue weighted by atomic mass is 16.5. The van der Waals surface area contributed by atoms with Gasteiger partial charge in [-0.15, -0.1) is 0 Å². The first kappa shape index (κ1) is 16.4. The fraction of sp³-hybridized carbons (Fsp3) is 0.562. The Labute approximate surface area is 131 Å². The molecule has 0 radical (unpaired) electrons. The molecule has 1 aliphatic rings. The van der Waals surface area contributed by atoms with E-state index < -0.39 is 0 Å². The van der Waals surface area contributed by atoms with Crippen LogP contribution in [0, 0.1) is 0 Å². The Kier molecular flexibility index (Phi) is 5.89. The van der Waals surface area contributed by atoms with Crippen molar-refractivity contribution in [2.45, 2.75) is 31.7 Å². The molecular formula is C16H24N2O4. The number of hydrogen-bond donors (Lipinski definition) is 2. The van der Waals surface area contributed by atoms with Crippen LogP contribution in [0.4, 0.5) is 5.69 Å². The summed E-state index contributed by atoms with van der Waals surface area (Å²) in [5.74, 6) is 1.45. The van der Waals surface area contributed by atoms with Crippen molar-refractivity contribution in [3.05, 3.63) is 12.1 Å². The maximum absolute atomic E-state index is 12.0. The first-order chi connectivity index (χ1) is 10.7. The summed E-state index contributed by atoms with van der Waals surface area (Å²) in [4.78, 5) is 12.0. The number of methoxy groups -OCH3 is 3. The number of nitrogens with one attached hydrogen (secondary N) is 2. The predicted octanol–water partition coefficient (Wildman–Crippen LogP) is 2.18. The third-order valence-electron chi connectivity index (χ3n) is 3.85. The highest BCUT2D eigenvalue weighted by Crippen LogP contribution is 2.39. The van der Waals surface area contributed by atoms with Gasteiger partial charge in [0.1, 0.15) is 0 Å². The summed E-state index contributed by atoms with van der Waals surface area (Å²) in [5.41, 5.74) is 0.618. The van der Waals surface area contributed by atoms with Gasteiger partial charge in [0, 0.05) is 23.9 Å². The van der Waals surface area contributed by atoms with Crippen LogP contribution in [0.5, 0.6) is 17.2 Å². The Hall–Kier alpha value is -1.95. The van der Waals surface area contributed by atoms with Crippen molar-refractivity contribution in [1.82, 2.24) is 5.32 Å². The van der Waals surface area contributed by atoms with E-state index in [0.717, 1.165) is 12.8 Å². The first-order valence-electron chi connectivity index (χ1n) is 7.51. The number of amides is 1. The molecule has 1 aliphatic carbocycles. The van der Waals surface area contributed by atoms with Crippen molar-refractivity contribution in [1.29, 1.82) is 0 Å². The highest BCUT2D eigenvalue weighted by molar-refractivity contribution is 5.93. The Balaban J connectivity index is 2.00. The Morgan fingerprint density at radius 2 is 1.68 bits per heavy atom. The molecule has 0 saturated heterocycles. The quantitative estimate of drug-likeness (QED) is 0.808. The zero-order valence-electron chi connectivity index (χ0n) is 13.4. The van der Waals surface area contributed by atoms with Gasteiger partial charge >= 0.3 is 0 Å². The smallest absolute Gasteiger partial charge is 0.238 e. The summed E-state index contributed by atoms with van der Waals surface area (Å²) in [6.07, 6.45) is 4.78. The number of benzene rings is 1. The molecule has 1 saturated carbocycles. The third kappa shape index (κ3) is 4.04. The summed E-state index contributed by atoms with van der Waals surface area (Å²) >= 11 is 0. The summed E-state index contributed by atoms with van der Waals surface area (Å²) in [6.45, 7) is 0.307. The molecule has 1 aromatic rings. The lowest BCUT2D eigenvalue weighted by Crippen LogP contribution is -2.34. The fourth-order valence-corrected chi connectivity index (χ4v) is 2.73. The molecule has 0 unspecified atom stereocenters. The second-order valence-electron chi connectivity index (χ2n) is 5.32. The van der Waals surface area contributed by atoms with E-state index in [1.54, 1.807) is 33.5 Å². The molecule has 1 fully saturated rings. The number of ether oxygens (including phenoxy) is 3. The molecule has 1 aromatic carbocycles. The molecule has 1 amide bonds. The minimum absolute atomic E-state index is 0.0822. The van der Waals surface area contributed by atoms with Crippen molar-refractivity contribution in [2.75, 3.05) is 33.2 Å². The average Bonchev–Trinajstić information content (AvgIpc) is 3.05. The lowest BCUT2D eigenvalue weighted by Gasteiger charge is -2.15. The van der Waals surface area contributed by atoms with E-state index in [-0.39, 0.29) is 5.91 Å². The lowest BCUT2D eigenvalue weighted by atomic mass is 10.2. The van der Waals surface area contributed by atoms with Gasteiger partial charge in [0.05, 0.1) is 27.9 Å². The first-order valence-corrected chi connectivity index (χ1v) is 7.51. The highest BCUT2D eigenvalue weighted by Gasteiger charge is 2.17. The van der Waals surface area contributed by atoms with E-state index in [0.29, 0.717) is 35.5 Å². The van der Waals surface area contributed by atoms with E-state index >= 15 is 0 Å². The zero-order chi connectivity index (χ0) is 15.9. The lowest BCUT2D eigenvalue weighted by molar-refractivity contribution is -0.115. The summed E-state index contributed by atoms with van der Waals surface area (Å²) in [7, 11) is 4.64. The molecule has 6 heteroatoms. The SMILES string of the molecule is COc1cc(NC(=O)CNC2CCCC2)cc(OC)c1OC. The van der Waals surface area contributed by atoms with Crippen LogP contribution in [-0.2, 0) is 4.79 Å². The van der Waals surface area contributed by atoms with Crippen molar-refractivity contribution in [3.63, 3.8) is 0 Å². The van der Waals surface area contributed by atoms with Crippen LogP contribution in [0.1, 0.15) is 25.7 Å². The van der Waals surface area contributed by atoms with Crippen LogP contribution in [0.15, 0.2) is 12.1 Å². The summed E-state index contributed by atoms with van der Waals surface area (Å²) < 4.78 is 15.8. The van der Waals surface area contributed by atoms with Gasteiger partial charge in [0.15, 0.2) is 11.5 Å². The van der Waals surface area contributed by atoms with Gasteiger partial charge in [0.25, 0.3) is 0 Å². The van der Waals surface area contributed by atoms with Crippen LogP contribution in [0.25, 0.3) is 0 Å². The number of carbonyl (C=O) groups is 1. The van der Waals surface area contributed by atoms with Crippen LogP contribution in [0.3, 0.4) is 0 Å². The van der Waals surface area contributed by atoms with Gasteiger partial charge in [-0.1, -0.05) is 12.8 Å². The molecule has 0 aromatic heterocycles. The molecule has 0 heterocycles. The van der Waals surface area contributed by atoms with Crippen LogP contribution < -0.4 is 24.8 Å². The van der Waals surface area contributed by atoms with Crippen molar-refractivity contribution in [2.24, 2.45) is 0 Å². The second kappa shape index (κ2) is 7.89. The molecule has 0 bridgehead atoms. The van der Waals surface area contributed by atoms with Crippen LogP contribution in [-0.4, -0.2) is 39.8 Å². The van der Waals surface area contributed by atoms with E-state index in [2.05, 4.69) is 10.6 Å². The zero-order valence-corrected chi connectivity index (χ0v) is 13.4. The molecule has 22 heavy (non-hydrogen) atoms. The normalized spacial score (nSPS) is 14.7. The summed E-state index contributed by atoms with van der Waals surface area (Å²) in [6, 6.07) is 3.90. The number of rotatable bonds is 7. The monoisotopic (exact) mass is 308 g/mol. The third-order valence-corrected chi connectivity index (χ3v) is 3.85. The predicted molar refractivity (Wildman–Crippen MR) is 85.0 cm³/mol. The number of anilines is 1. The van der Waals surface area contributed by atoms with E-state index in [4.69, 9.17) is 14.2 Å². The molecule has 0 aliphatic heterocycles. The van der Waals surface area contributed by atoms with E-state index in [9.17, 15) is 4.79 Å². The molecule has 0 atom stereocenters. The van der Waals surface area contributed by atoms with Gasteiger partial charge in [-0.25, -0.2) is 0 Å². The molecule has 6 nitrogen and oxygen atoms in total. The second-order valence-corrected chi connectivity index (χ2v) is 5.32. The average molecular weight is 308 g/mol. The molecule has 0 spiro atoms. The van der Waals surface area contributed by atoms with Crippen LogP contribution >= 0.6 is 0 Å². The maximum atomic E-state index is 12.0. The fourth-order valence-electron chi connectivity index (χ4n) is 2.73. The van der Waals surface area contributed by atoms with Crippen molar-refractivity contribution in [3.8, 4) is 17.2 Å². The van der Waals surface area contributed by atoms with E-state index in [1.807, 2.05) is 0 Å². The van der Waals surface area contributed by atoms with Gasteiger partial charge < -0.3 is 24.8 Å². The largest absolute Gasteiger partial charge is 0.493 e. The minimum atomic E-state index is -0.0822. The topological polar surface area (TPSA) is 68.8 Å². The van der Waals surface area contributed by atoms with Gasteiger partial charge in [0.2, 0.25) is 11.7 Å². The van der Waals surface area contributed by atoms with Gasteiger partial charge in [-0.05, 0) is 12.8 Å². The summed E-state index contributed by atoms with van der Waals surface area (Å²) in [5, 5.41) is 6.13. The maximum Gasteiger partial charge on any atom is 0.238 e. The molecule has 2 N–H and O–H groups in total. The minimum Gasteiger partial charge on any atom is -0.493 e. The standard InChI is InChI=1S/C16H24N2O4/c1-20-13-8-12(9-14(21-2)16(13)22-3)18-15(19)10-17-11-6-4-5-7-11/h8-9,11,17H,4-7,10H2,1-3H3,(H,18,19). The van der Waals surface area contributed by atoms with Crippen molar-refractivity contribution >= 4 is 11.6 Å². The van der Waals surface area contributed by atoms with Gasteiger partial charge in [-0.2, -0.15) is 0 Å². The van der Waals surface area contributed by atoms with Crippen LogP contribution in [0.2, 0.25) is 0 Å². The van der Waals surface area contributed by atoms with Gasteiger partial charge in [-0.3, -0.25) is 4.79 Å². The Bertz CT molecular complexity index is 488. The van der Waals surface area contributed by atoms with E-state index in [1.165, 1.54) is 12.8 Å². The number of hydrogen-bond acceptors (Lipinski definition) is 5. The molecule has 122 valence electrons. The molecule has 2 rings (SSSR count). The Morgan fingerprint density at radius 1 is 1.09 bits per heavy atom. The van der Waals surface area contributed by atoms with Crippen molar-refractivity contribution < 1.29 is 19.0 Å². The molecular weight excluding hydrogens is 284 g/mol. The Morgan fingerprint density at radius 3 is 2.18 bits per heavy atom. The number of carbonyl (C=O) groups excluding carboxylic acids is 1.